The highest BCUT2D eigenvalue weighted by atomic mass is 16.1. The first-order chi connectivity index (χ1) is 12.5. The Hall–Kier alpha value is -2.82. The zero-order chi connectivity index (χ0) is 18.9. The lowest BCUT2D eigenvalue weighted by molar-refractivity contribution is 0.0963. The monoisotopic (exact) mass is 352 g/mol. The molecule has 1 amide bonds. The number of aryl methyl sites for hydroxylation is 1. The molecule has 0 fully saturated rings. The molecule has 0 spiro atoms. The number of carbonyl (C=O) groups excluding carboxylic acids is 1. The van der Waals surface area contributed by atoms with E-state index in [1.54, 1.807) is 7.05 Å². The van der Waals surface area contributed by atoms with Crippen molar-refractivity contribution in [3.05, 3.63) is 70.8 Å². The molecule has 0 heterocycles. The van der Waals surface area contributed by atoms with Crippen LogP contribution >= 0.6 is 0 Å². The highest BCUT2D eigenvalue weighted by Gasteiger charge is 2.08. The molecule has 2 N–H and O–H groups in total. The maximum absolute atomic E-state index is 11.6. The predicted molar refractivity (Wildman–Crippen MR) is 107 cm³/mol. The van der Waals surface area contributed by atoms with Crippen molar-refractivity contribution < 1.29 is 4.79 Å². The van der Waals surface area contributed by atoms with Gasteiger partial charge < -0.3 is 15.5 Å². The van der Waals surface area contributed by atoms with Crippen LogP contribution in [0.15, 0.2) is 53.5 Å². The van der Waals surface area contributed by atoms with Crippen molar-refractivity contribution in [1.82, 2.24) is 15.5 Å². The molecule has 5 nitrogen and oxygen atoms in total. The average molecular weight is 352 g/mol. The largest absolute Gasteiger partial charge is 0.357 e. The first kappa shape index (κ1) is 19.5. The van der Waals surface area contributed by atoms with E-state index in [-0.39, 0.29) is 5.91 Å². The molecule has 0 aromatic heterocycles. The summed E-state index contributed by atoms with van der Waals surface area (Å²) in [7, 11) is 3.68. The van der Waals surface area contributed by atoms with E-state index < -0.39 is 0 Å². The molecule has 0 unspecified atom stereocenters. The molecule has 0 saturated heterocycles. The maximum atomic E-state index is 11.6. The molecule has 2 aromatic carbocycles. The molecule has 138 valence electrons. The Morgan fingerprint density at radius 2 is 1.81 bits per heavy atom. The van der Waals surface area contributed by atoms with E-state index in [9.17, 15) is 4.79 Å². The topological polar surface area (TPSA) is 56.7 Å². The summed E-state index contributed by atoms with van der Waals surface area (Å²) in [5.74, 6) is 0.789. The summed E-state index contributed by atoms with van der Waals surface area (Å²) in [4.78, 5) is 18.5. The molecular formula is C21H28N4O. The number of carbonyl (C=O) groups is 1. The van der Waals surface area contributed by atoms with Crippen LogP contribution in [0.4, 0.5) is 0 Å². The molecule has 2 aromatic rings. The fraction of sp³-hybridized carbons (Fsp3) is 0.333. The Kier molecular flexibility index (Phi) is 7.21. The SMILES string of the molecule is CCNC(=NCc1ccc(C(=O)NC)cc1)N(C)Cc1ccccc1C. The van der Waals surface area contributed by atoms with Gasteiger partial charge in [0.25, 0.3) is 5.91 Å². The third-order valence-corrected chi connectivity index (χ3v) is 4.22. The quantitative estimate of drug-likeness (QED) is 0.621. The van der Waals surface area contributed by atoms with Crippen LogP contribution in [0.25, 0.3) is 0 Å². The molecule has 0 bridgehead atoms. The molecule has 0 aliphatic carbocycles. The number of nitrogens with zero attached hydrogens (tertiary/aromatic N) is 2. The smallest absolute Gasteiger partial charge is 0.251 e. The Labute approximate surface area is 156 Å². The van der Waals surface area contributed by atoms with Crippen LogP contribution < -0.4 is 10.6 Å². The van der Waals surface area contributed by atoms with Gasteiger partial charge in [-0.1, -0.05) is 36.4 Å². The van der Waals surface area contributed by atoms with Gasteiger partial charge in [0.2, 0.25) is 0 Å². The number of guanidine groups is 1. The normalized spacial score (nSPS) is 11.2. The van der Waals surface area contributed by atoms with Crippen molar-refractivity contribution in [3.8, 4) is 0 Å². The first-order valence-corrected chi connectivity index (χ1v) is 8.90. The Morgan fingerprint density at radius 1 is 1.12 bits per heavy atom. The summed E-state index contributed by atoms with van der Waals surface area (Å²) < 4.78 is 0. The highest BCUT2D eigenvalue weighted by molar-refractivity contribution is 5.93. The van der Waals surface area contributed by atoms with Gasteiger partial charge >= 0.3 is 0 Å². The van der Waals surface area contributed by atoms with E-state index in [4.69, 9.17) is 4.99 Å². The van der Waals surface area contributed by atoms with Gasteiger partial charge in [-0.25, -0.2) is 4.99 Å². The Bertz CT molecular complexity index is 753. The number of nitrogens with one attached hydrogen (secondary N) is 2. The molecular weight excluding hydrogens is 324 g/mol. The first-order valence-electron chi connectivity index (χ1n) is 8.90. The lowest BCUT2D eigenvalue weighted by Crippen LogP contribution is -2.38. The van der Waals surface area contributed by atoms with Crippen LogP contribution in [0, 0.1) is 6.92 Å². The van der Waals surface area contributed by atoms with E-state index in [2.05, 4.69) is 53.6 Å². The van der Waals surface area contributed by atoms with Crippen LogP contribution in [0.5, 0.6) is 0 Å². The summed E-state index contributed by atoms with van der Waals surface area (Å²) in [6.45, 7) is 6.37. The second kappa shape index (κ2) is 9.61. The fourth-order valence-electron chi connectivity index (χ4n) is 2.66. The molecule has 2 rings (SSSR count). The van der Waals surface area contributed by atoms with E-state index in [0.29, 0.717) is 12.1 Å². The Morgan fingerprint density at radius 3 is 2.42 bits per heavy atom. The van der Waals surface area contributed by atoms with E-state index in [1.165, 1.54) is 11.1 Å². The minimum absolute atomic E-state index is 0.0774. The van der Waals surface area contributed by atoms with E-state index in [0.717, 1.165) is 24.6 Å². The maximum Gasteiger partial charge on any atom is 0.251 e. The third kappa shape index (κ3) is 5.34. The van der Waals surface area contributed by atoms with Crippen LogP contribution in [0.2, 0.25) is 0 Å². The van der Waals surface area contributed by atoms with Crippen molar-refractivity contribution in [3.63, 3.8) is 0 Å². The van der Waals surface area contributed by atoms with E-state index in [1.807, 2.05) is 31.3 Å². The summed E-state index contributed by atoms with van der Waals surface area (Å²) >= 11 is 0. The highest BCUT2D eigenvalue weighted by Crippen LogP contribution is 2.10. The van der Waals surface area contributed by atoms with Crippen molar-refractivity contribution in [2.24, 2.45) is 4.99 Å². The molecule has 0 saturated carbocycles. The summed E-state index contributed by atoms with van der Waals surface area (Å²) in [5.41, 5.74) is 4.29. The minimum atomic E-state index is -0.0774. The number of aliphatic imine (C=N–C) groups is 1. The van der Waals surface area contributed by atoms with Crippen LogP contribution in [0.1, 0.15) is 34.0 Å². The van der Waals surface area contributed by atoms with Gasteiger partial charge in [-0.05, 0) is 42.7 Å². The molecule has 0 radical (unpaired) electrons. The van der Waals surface area contributed by atoms with E-state index >= 15 is 0 Å². The lowest BCUT2D eigenvalue weighted by Gasteiger charge is -2.23. The molecule has 0 aliphatic heterocycles. The van der Waals surface area contributed by atoms with Crippen LogP contribution in [-0.4, -0.2) is 37.4 Å². The molecule has 0 aliphatic rings. The second-order valence-corrected chi connectivity index (χ2v) is 6.23. The third-order valence-electron chi connectivity index (χ3n) is 4.22. The van der Waals surface area contributed by atoms with Crippen LogP contribution in [0.3, 0.4) is 0 Å². The zero-order valence-electron chi connectivity index (χ0n) is 16.0. The number of amides is 1. The van der Waals surface area contributed by atoms with Gasteiger partial charge in [-0.2, -0.15) is 0 Å². The summed E-state index contributed by atoms with van der Waals surface area (Å²) in [5, 5.41) is 5.97. The zero-order valence-corrected chi connectivity index (χ0v) is 16.0. The van der Waals surface area contributed by atoms with Gasteiger partial charge in [0.1, 0.15) is 0 Å². The fourth-order valence-corrected chi connectivity index (χ4v) is 2.66. The number of hydrogen-bond donors (Lipinski definition) is 2. The second-order valence-electron chi connectivity index (χ2n) is 6.23. The summed E-state index contributed by atoms with van der Waals surface area (Å²) in [6, 6.07) is 15.9. The Balaban J connectivity index is 2.08. The van der Waals surface area contributed by atoms with Crippen molar-refractivity contribution in [2.75, 3.05) is 20.6 Å². The van der Waals surface area contributed by atoms with Gasteiger partial charge in [0, 0.05) is 32.7 Å². The van der Waals surface area contributed by atoms with Gasteiger partial charge in [-0.3, -0.25) is 4.79 Å². The molecule has 0 atom stereocenters. The number of hydrogen-bond acceptors (Lipinski definition) is 2. The minimum Gasteiger partial charge on any atom is -0.357 e. The van der Waals surface area contributed by atoms with Gasteiger partial charge in [0.15, 0.2) is 5.96 Å². The van der Waals surface area contributed by atoms with Crippen molar-refractivity contribution in [1.29, 1.82) is 0 Å². The van der Waals surface area contributed by atoms with Gasteiger partial charge in [0.05, 0.1) is 6.54 Å². The summed E-state index contributed by atoms with van der Waals surface area (Å²) in [6.07, 6.45) is 0. The van der Waals surface area contributed by atoms with Crippen LogP contribution in [-0.2, 0) is 13.1 Å². The number of rotatable bonds is 6. The van der Waals surface area contributed by atoms with Crippen molar-refractivity contribution >= 4 is 11.9 Å². The molecule has 5 heteroatoms. The lowest BCUT2D eigenvalue weighted by atomic mass is 10.1. The predicted octanol–water partition coefficient (Wildman–Crippen LogP) is 2.95. The standard InChI is InChI=1S/C21H28N4O/c1-5-23-21(25(4)15-19-9-7-6-8-16(19)2)24-14-17-10-12-18(13-11-17)20(26)22-3/h6-13H,5,14-15H2,1-4H3,(H,22,26)(H,23,24). The van der Waals surface area contributed by atoms with Crippen molar-refractivity contribution in [2.45, 2.75) is 26.9 Å². The average Bonchev–Trinajstić information content (AvgIpc) is 2.66. The van der Waals surface area contributed by atoms with Gasteiger partial charge in [-0.15, -0.1) is 0 Å². The molecule has 26 heavy (non-hydrogen) atoms. The number of benzene rings is 2.